The van der Waals surface area contributed by atoms with Crippen molar-refractivity contribution in [1.82, 2.24) is 10.3 Å². The van der Waals surface area contributed by atoms with Crippen LogP contribution in [0.5, 0.6) is 0 Å². The second-order valence-electron chi connectivity index (χ2n) is 4.20. The van der Waals surface area contributed by atoms with Gasteiger partial charge in [0, 0.05) is 24.5 Å². The first-order chi connectivity index (χ1) is 6.27. The lowest BCUT2D eigenvalue weighted by molar-refractivity contribution is 0.424. The fourth-order valence-corrected chi connectivity index (χ4v) is 2.18. The van der Waals surface area contributed by atoms with Crippen molar-refractivity contribution in [3.8, 4) is 0 Å². The van der Waals surface area contributed by atoms with Gasteiger partial charge in [-0.15, -0.1) is 0 Å². The minimum Gasteiger partial charge on any atom is -0.367 e. The van der Waals surface area contributed by atoms with Gasteiger partial charge in [-0.3, -0.25) is 0 Å². The van der Waals surface area contributed by atoms with Crippen molar-refractivity contribution in [3.63, 3.8) is 0 Å². The van der Waals surface area contributed by atoms with Gasteiger partial charge >= 0.3 is 0 Å². The zero-order valence-electron chi connectivity index (χ0n) is 8.43. The fourth-order valence-electron chi connectivity index (χ4n) is 2.18. The average Bonchev–Trinajstić information content (AvgIpc) is 2.51. The molecule has 1 aromatic rings. The van der Waals surface area contributed by atoms with Crippen LogP contribution in [0.2, 0.25) is 0 Å². The molecule has 72 valence electrons. The van der Waals surface area contributed by atoms with Crippen LogP contribution in [0.4, 0.5) is 0 Å². The van der Waals surface area contributed by atoms with Crippen molar-refractivity contribution in [1.29, 1.82) is 0 Å². The molecule has 0 radical (unpaired) electrons. The second-order valence-corrected chi connectivity index (χ2v) is 4.20. The van der Waals surface area contributed by atoms with Gasteiger partial charge in [0.1, 0.15) is 0 Å². The summed E-state index contributed by atoms with van der Waals surface area (Å²) < 4.78 is 0. The lowest BCUT2D eigenvalue weighted by Gasteiger charge is -2.25. The number of nitrogens with one attached hydrogen (secondary N) is 2. The van der Waals surface area contributed by atoms with Gasteiger partial charge in [-0.05, 0) is 30.4 Å². The third kappa shape index (κ3) is 1.78. The first-order valence-corrected chi connectivity index (χ1v) is 5.19. The Hall–Kier alpha value is -0.760. The Bertz CT molecular complexity index is 275. The van der Waals surface area contributed by atoms with Gasteiger partial charge in [0.05, 0.1) is 0 Å². The van der Waals surface area contributed by atoms with E-state index in [-0.39, 0.29) is 0 Å². The van der Waals surface area contributed by atoms with Crippen LogP contribution >= 0.6 is 0 Å². The minimum atomic E-state index is 0.575. The molecule has 0 amide bonds. The predicted molar refractivity (Wildman–Crippen MR) is 54.7 cm³/mol. The van der Waals surface area contributed by atoms with Crippen LogP contribution in [-0.2, 0) is 6.42 Å². The van der Waals surface area contributed by atoms with E-state index >= 15 is 0 Å². The highest BCUT2D eigenvalue weighted by Crippen LogP contribution is 2.29. The summed E-state index contributed by atoms with van der Waals surface area (Å²) >= 11 is 0. The van der Waals surface area contributed by atoms with Gasteiger partial charge in [-0.25, -0.2) is 0 Å². The van der Waals surface area contributed by atoms with Crippen LogP contribution in [0.25, 0.3) is 0 Å². The van der Waals surface area contributed by atoms with Crippen LogP contribution in [0.3, 0.4) is 0 Å². The molecule has 0 spiro atoms. The first kappa shape index (κ1) is 8.82. The second kappa shape index (κ2) is 3.54. The van der Waals surface area contributed by atoms with Crippen molar-refractivity contribution >= 4 is 0 Å². The lowest BCUT2D eigenvalue weighted by Crippen LogP contribution is -2.30. The lowest BCUT2D eigenvalue weighted by atomic mass is 9.91. The van der Waals surface area contributed by atoms with Crippen LogP contribution in [-0.4, -0.2) is 11.0 Å². The minimum absolute atomic E-state index is 0.575. The van der Waals surface area contributed by atoms with Gasteiger partial charge < -0.3 is 10.3 Å². The van der Waals surface area contributed by atoms with E-state index in [4.69, 9.17) is 0 Å². The zero-order valence-corrected chi connectivity index (χ0v) is 8.43. The van der Waals surface area contributed by atoms with Crippen LogP contribution in [0, 0.1) is 0 Å². The molecule has 1 aliphatic carbocycles. The molecule has 2 heteroatoms. The summed E-state index contributed by atoms with van der Waals surface area (Å²) in [6.07, 6.45) is 8.13. The van der Waals surface area contributed by atoms with E-state index in [0.29, 0.717) is 12.1 Å². The van der Waals surface area contributed by atoms with Crippen LogP contribution < -0.4 is 5.32 Å². The normalized spacial score (nSPS) is 21.9. The maximum Gasteiger partial charge on any atom is 0.0340 e. The first-order valence-electron chi connectivity index (χ1n) is 5.19. The largest absolute Gasteiger partial charge is 0.367 e. The number of aromatic nitrogens is 1. The molecular formula is C11H18N2. The molecule has 0 aromatic carbocycles. The molecule has 2 nitrogen and oxygen atoms in total. The Kier molecular flexibility index (Phi) is 2.40. The monoisotopic (exact) mass is 178 g/mol. The Morgan fingerprint density at radius 1 is 1.46 bits per heavy atom. The van der Waals surface area contributed by atoms with Crippen LogP contribution in [0.15, 0.2) is 12.4 Å². The van der Waals surface area contributed by atoms with Crippen LogP contribution in [0.1, 0.15) is 43.9 Å². The molecule has 1 atom stereocenters. The zero-order chi connectivity index (χ0) is 9.26. The summed E-state index contributed by atoms with van der Waals surface area (Å²) in [5.74, 6) is 0. The summed E-state index contributed by atoms with van der Waals surface area (Å²) in [6, 6.07) is 1.15. The summed E-state index contributed by atoms with van der Waals surface area (Å²) in [5.41, 5.74) is 2.99. The third-order valence-corrected chi connectivity index (χ3v) is 2.72. The molecule has 2 rings (SSSR count). The van der Waals surface area contributed by atoms with E-state index in [9.17, 15) is 0 Å². The van der Waals surface area contributed by atoms with Gasteiger partial charge in [0.15, 0.2) is 0 Å². The predicted octanol–water partition coefficient (Wildman–Crippen LogP) is 2.39. The molecule has 1 aromatic heterocycles. The molecule has 0 saturated carbocycles. The smallest absolute Gasteiger partial charge is 0.0340 e. The van der Waals surface area contributed by atoms with E-state index in [1.807, 2.05) is 0 Å². The van der Waals surface area contributed by atoms with Gasteiger partial charge in [0.2, 0.25) is 0 Å². The highest BCUT2D eigenvalue weighted by Gasteiger charge is 2.20. The highest BCUT2D eigenvalue weighted by molar-refractivity contribution is 5.29. The van der Waals surface area contributed by atoms with Crippen molar-refractivity contribution < 1.29 is 0 Å². The molecule has 0 saturated heterocycles. The molecule has 1 heterocycles. The molecule has 0 fully saturated rings. The van der Waals surface area contributed by atoms with E-state index in [2.05, 4.69) is 36.5 Å². The Morgan fingerprint density at radius 2 is 2.31 bits per heavy atom. The molecule has 1 aliphatic rings. The summed E-state index contributed by atoms with van der Waals surface area (Å²) in [4.78, 5) is 3.20. The quantitative estimate of drug-likeness (QED) is 0.715. The van der Waals surface area contributed by atoms with E-state index < -0.39 is 0 Å². The number of aryl methyl sites for hydroxylation is 1. The number of hydrogen-bond acceptors (Lipinski definition) is 1. The molecular weight excluding hydrogens is 160 g/mol. The molecule has 0 aliphatic heterocycles. The van der Waals surface area contributed by atoms with Gasteiger partial charge in [-0.2, -0.15) is 0 Å². The number of H-pyrrole nitrogens is 1. The third-order valence-electron chi connectivity index (χ3n) is 2.72. The molecule has 13 heavy (non-hydrogen) atoms. The number of fused-ring (bicyclic) bond motifs is 1. The van der Waals surface area contributed by atoms with Crippen molar-refractivity contribution in [2.24, 2.45) is 0 Å². The number of rotatable bonds is 2. The SMILES string of the molecule is CC(C)NC1CCCc2c[nH]cc21. The van der Waals surface area contributed by atoms with E-state index in [1.54, 1.807) is 0 Å². The standard InChI is InChI=1S/C11H18N2/c1-8(2)13-11-5-3-4-9-6-12-7-10(9)11/h6-8,11-13H,3-5H2,1-2H3. The highest BCUT2D eigenvalue weighted by atomic mass is 14.9. The van der Waals surface area contributed by atoms with E-state index in [0.717, 1.165) is 0 Å². The molecule has 2 N–H and O–H groups in total. The summed E-state index contributed by atoms with van der Waals surface area (Å²) in [5, 5.41) is 3.60. The Balaban J connectivity index is 2.15. The number of aromatic amines is 1. The Morgan fingerprint density at radius 3 is 3.08 bits per heavy atom. The maximum atomic E-state index is 3.60. The van der Waals surface area contributed by atoms with Gasteiger partial charge in [-0.1, -0.05) is 13.8 Å². The van der Waals surface area contributed by atoms with Crippen molar-refractivity contribution in [2.45, 2.75) is 45.2 Å². The summed E-state index contributed by atoms with van der Waals surface area (Å²) in [7, 11) is 0. The molecule has 1 unspecified atom stereocenters. The maximum absolute atomic E-state index is 3.60. The average molecular weight is 178 g/mol. The van der Waals surface area contributed by atoms with Crippen molar-refractivity contribution in [3.05, 3.63) is 23.5 Å². The Labute approximate surface area is 79.7 Å². The van der Waals surface area contributed by atoms with E-state index in [1.165, 1.54) is 30.4 Å². The van der Waals surface area contributed by atoms with Crippen molar-refractivity contribution in [2.75, 3.05) is 0 Å². The topological polar surface area (TPSA) is 27.8 Å². The fraction of sp³-hybridized carbons (Fsp3) is 0.636. The van der Waals surface area contributed by atoms with Gasteiger partial charge in [0.25, 0.3) is 0 Å². The summed E-state index contributed by atoms with van der Waals surface area (Å²) in [6.45, 7) is 4.42. The number of hydrogen-bond donors (Lipinski definition) is 2. The molecule has 0 bridgehead atoms.